The fourth-order valence-electron chi connectivity index (χ4n) is 1.69. The number of pyridine rings is 1. The van der Waals surface area contributed by atoms with Gasteiger partial charge in [-0.05, 0) is 37.2 Å². The summed E-state index contributed by atoms with van der Waals surface area (Å²) in [5, 5.41) is 3.23. The molecule has 0 aliphatic carbocycles. The molecule has 0 fully saturated rings. The Labute approximate surface area is 99.7 Å². The molecular weight excluding hydrogens is 219 g/mol. The van der Waals surface area contributed by atoms with Gasteiger partial charge in [-0.15, -0.1) is 0 Å². The second kappa shape index (κ2) is 5.59. The molecule has 0 spiro atoms. The Hall–Kier alpha value is -1.68. The summed E-state index contributed by atoms with van der Waals surface area (Å²) in [6.07, 6.45) is 4.13. The number of nitrogens with one attached hydrogen (secondary N) is 1. The third-order valence-corrected chi connectivity index (χ3v) is 2.49. The van der Waals surface area contributed by atoms with Gasteiger partial charge in [-0.2, -0.15) is 0 Å². The zero-order valence-electron chi connectivity index (χ0n) is 9.69. The Morgan fingerprint density at radius 3 is 2.94 bits per heavy atom. The predicted molar refractivity (Wildman–Crippen MR) is 63.0 cm³/mol. The van der Waals surface area contributed by atoms with E-state index in [0.29, 0.717) is 11.5 Å². The van der Waals surface area contributed by atoms with Crippen molar-refractivity contribution < 1.29 is 8.81 Å². The van der Waals surface area contributed by atoms with Crippen LogP contribution in [0.15, 0.2) is 41.1 Å². The van der Waals surface area contributed by atoms with Crippen LogP contribution in [0.25, 0.3) is 0 Å². The van der Waals surface area contributed by atoms with Crippen LogP contribution >= 0.6 is 0 Å². The topological polar surface area (TPSA) is 38.1 Å². The molecule has 90 valence electrons. The normalized spacial score (nSPS) is 12.6. The zero-order chi connectivity index (χ0) is 12.1. The van der Waals surface area contributed by atoms with E-state index in [1.807, 2.05) is 6.07 Å². The Morgan fingerprint density at radius 2 is 2.29 bits per heavy atom. The largest absolute Gasteiger partial charge is 0.467 e. The lowest BCUT2D eigenvalue weighted by atomic mass is 10.1. The molecule has 3 nitrogen and oxygen atoms in total. The highest BCUT2D eigenvalue weighted by Crippen LogP contribution is 2.22. The van der Waals surface area contributed by atoms with E-state index < -0.39 is 0 Å². The number of rotatable bonds is 5. The fraction of sp³-hybridized carbons (Fsp3) is 0.308. The van der Waals surface area contributed by atoms with Gasteiger partial charge in [-0.1, -0.05) is 6.92 Å². The first-order chi connectivity index (χ1) is 8.33. The maximum atomic E-state index is 13.7. The Bertz CT molecular complexity index is 456. The zero-order valence-corrected chi connectivity index (χ0v) is 9.69. The molecule has 0 saturated carbocycles. The first kappa shape index (κ1) is 11.8. The molecule has 0 radical (unpaired) electrons. The molecule has 2 heterocycles. The molecule has 0 aliphatic rings. The molecular formula is C13H15FN2O. The van der Waals surface area contributed by atoms with Crippen molar-refractivity contribution in [2.24, 2.45) is 0 Å². The van der Waals surface area contributed by atoms with E-state index in [4.69, 9.17) is 4.42 Å². The SMILES string of the molecule is CCCNC(c1ccco1)c1ncccc1F. The number of hydrogen-bond acceptors (Lipinski definition) is 3. The molecule has 0 saturated heterocycles. The monoisotopic (exact) mass is 234 g/mol. The second-order valence-electron chi connectivity index (χ2n) is 3.77. The smallest absolute Gasteiger partial charge is 0.146 e. The average Bonchev–Trinajstić information content (AvgIpc) is 2.85. The summed E-state index contributed by atoms with van der Waals surface area (Å²) in [5.41, 5.74) is 0.371. The van der Waals surface area contributed by atoms with Crippen LogP contribution in [-0.4, -0.2) is 11.5 Å². The third kappa shape index (κ3) is 2.71. The first-order valence-corrected chi connectivity index (χ1v) is 5.70. The standard InChI is InChI=1S/C13H15FN2O/c1-2-7-15-13(11-6-4-9-17-11)12-10(14)5-3-8-16-12/h3-6,8-9,13,15H,2,7H2,1H3. The van der Waals surface area contributed by atoms with Crippen LogP contribution < -0.4 is 5.32 Å². The molecule has 1 atom stereocenters. The van der Waals surface area contributed by atoms with E-state index in [1.165, 1.54) is 6.07 Å². The number of halogens is 1. The minimum atomic E-state index is -0.328. The van der Waals surface area contributed by atoms with E-state index >= 15 is 0 Å². The van der Waals surface area contributed by atoms with Gasteiger partial charge in [0.1, 0.15) is 23.3 Å². The van der Waals surface area contributed by atoms with Crippen molar-refractivity contribution >= 4 is 0 Å². The quantitative estimate of drug-likeness (QED) is 0.864. The van der Waals surface area contributed by atoms with Gasteiger partial charge in [0, 0.05) is 6.20 Å². The van der Waals surface area contributed by atoms with Crippen LogP contribution in [-0.2, 0) is 0 Å². The predicted octanol–water partition coefficient (Wildman–Crippen LogP) is 2.90. The van der Waals surface area contributed by atoms with Crippen LogP contribution in [0.5, 0.6) is 0 Å². The van der Waals surface area contributed by atoms with E-state index in [-0.39, 0.29) is 11.9 Å². The summed E-state index contributed by atoms with van der Waals surface area (Å²) in [6, 6.07) is 6.27. The molecule has 2 aromatic heterocycles. The van der Waals surface area contributed by atoms with Gasteiger partial charge in [-0.25, -0.2) is 4.39 Å². The fourth-order valence-corrected chi connectivity index (χ4v) is 1.69. The Balaban J connectivity index is 2.30. The maximum Gasteiger partial charge on any atom is 0.146 e. The minimum Gasteiger partial charge on any atom is -0.467 e. The van der Waals surface area contributed by atoms with Crippen LogP contribution in [0.4, 0.5) is 4.39 Å². The molecule has 4 heteroatoms. The molecule has 17 heavy (non-hydrogen) atoms. The highest BCUT2D eigenvalue weighted by molar-refractivity contribution is 5.21. The van der Waals surface area contributed by atoms with Crippen molar-refractivity contribution in [1.82, 2.24) is 10.3 Å². The molecule has 1 N–H and O–H groups in total. The number of nitrogens with zero attached hydrogens (tertiary/aromatic N) is 1. The highest BCUT2D eigenvalue weighted by Gasteiger charge is 2.20. The van der Waals surface area contributed by atoms with Crippen molar-refractivity contribution in [3.63, 3.8) is 0 Å². The Morgan fingerprint density at radius 1 is 1.41 bits per heavy atom. The first-order valence-electron chi connectivity index (χ1n) is 5.70. The van der Waals surface area contributed by atoms with Gasteiger partial charge in [0.15, 0.2) is 0 Å². The van der Waals surface area contributed by atoms with Gasteiger partial charge in [0.2, 0.25) is 0 Å². The summed E-state index contributed by atoms with van der Waals surface area (Å²) in [4.78, 5) is 4.09. The van der Waals surface area contributed by atoms with E-state index in [2.05, 4.69) is 17.2 Å². The van der Waals surface area contributed by atoms with Gasteiger partial charge in [0.05, 0.1) is 6.26 Å². The van der Waals surface area contributed by atoms with Gasteiger partial charge in [-0.3, -0.25) is 4.98 Å². The molecule has 0 aliphatic heterocycles. The Kier molecular flexibility index (Phi) is 3.88. The summed E-state index contributed by atoms with van der Waals surface area (Å²) in [5.74, 6) is 0.355. The van der Waals surface area contributed by atoms with Crippen LogP contribution in [0.2, 0.25) is 0 Å². The van der Waals surface area contributed by atoms with Crippen molar-refractivity contribution in [2.45, 2.75) is 19.4 Å². The number of hydrogen-bond donors (Lipinski definition) is 1. The van der Waals surface area contributed by atoms with Crippen LogP contribution in [0, 0.1) is 5.82 Å². The molecule has 0 bridgehead atoms. The summed E-state index contributed by atoms with van der Waals surface area (Å²) < 4.78 is 19.0. The summed E-state index contributed by atoms with van der Waals surface area (Å²) in [7, 11) is 0. The number of furan rings is 1. The van der Waals surface area contributed by atoms with E-state index in [0.717, 1.165) is 13.0 Å². The molecule has 2 rings (SSSR count). The molecule has 1 unspecified atom stereocenters. The maximum absolute atomic E-state index is 13.7. The van der Waals surface area contributed by atoms with Crippen molar-refractivity contribution in [2.75, 3.05) is 6.54 Å². The second-order valence-corrected chi connectivity index (χ2v) is 3.77. The van der Waals surface area contributed by atoms with Crippen molar-refractivity contribution in [3.05, 3.63) is 54.0 Å². The average molecular weight is 234 g/mol. The number of aromatic nitrogens is 1. The lowest BCUT2D eigenvalue weighted by Gasteiger charge is -2.16. The van der Waals surface area contributed by atoms with Crippen LogP contribution in [0.3, 0.4) is 0 Å². The third-order valence-electron chi connectivity index (χ3n) is 2.49. The summed E-state index contributed by atoms with van der Waals surface area (Å²) in [6.45, 7) is 2.84. The van der Waals surface area contributed by atoms with Gasteiger partial charge in [0.25, 0.3) is 0 Å². The molecule has 0 aromatic carbocycles. The highest BCUT2D eigenvalue weighted by atomic mass is 19.1. The lowest BCUT2D eigenvalue weighted by Crippen LogP contribution is -2.24. The van der Waals surface area contributed by atoms with E-state index in [9.17, 15) is 4.39 Å². The van der Waals surface area contributed by atoms with Gasteiger partial charge < -0.3 is 9.73 Å². The molecule has 2 aromatic rings. The lowest BCUT2D eigenvalue weighted by molar-refractivity contribution is 0.429. The minimum absolute atomic E-state index is 0.322. The van der Waals surface area contributed by atoms with Crippen molar-refractivity contribution in [3.8, 4) is 0 Å². The summed E-state index contributed by atoms with van der Waals surface area (Å²) >= 11 is 0. The van der Waals surface area contributed by atoms with E-state index in [1.54, 1.807) is 24.6 Å². The van der Waals surface area contributed by atoms with Crippen LogP contribution in [0.1, 0.15) is 30.8 Å². The van der Waals surface area contributed by atoms with Gasteiger partial charge >= 0.3 is 0 Å². The van der Waals surface area contributed by atoms with Crippen molar-refractivity contribution in [1.29, 1.82) is 0 Å². The molecule has 0 amide bonds.